The van der Waals surface area contributed by atoms with Gasteiger partial charge in [0.1, 0.15) is 17.5 Å². The Morgan fingerprint density at radius 3 is 2.44 bits per heavy atom. The van der Waals surface area contributed by atoms with Gasteiger partial charge in [-0.25, -0.2) is 13.8 Å². The van der Waals surface area contributed by atoms with Crippen molar-refractivity contribution in [3.63, 3.8) is 0 Å². The molecule has 0 spiro atoms. The summed E-state index contributed by atoms with van der Waals surface area (Å²) in [6.07, 6.45) is 6.95. The number of halogens is 2. The molecule has 0 saturated heterocycles. The lowest BCUT2D eigenvalue weighted by atomic mass is 10.0. The van der Waals surface area contributed by atoms with Crippen molar-refractivity contribution >= 4 is 5.82 Å². The van der Waals surface area contributed by atoms with Gasteiger partial charge in [-0.3, -0.25) is 4.98 Å². The lowest BCUT2D eigenvalue weighted by Crippen LogP contribution is -2.02. The van der Waals surface area contributed by atoms with E-state index < -0.39 is 11.6 Å². The minimum Gasteiger partial charge on any atom is -0.373 e. The summed E-state index contributed by atoms with van der Waals surface area (Å²) in [5.41, 5.74) is 3.11. The van der Waals surface area contributed by atoms with E-state index >= 15 is 0 Å². The maximum absolute atomic E-state index is 13.7. The molecule has 2 heterocycles. The molecule has 2 aromatic heterocycles. The molecule has 0 aliphatic carbocycles. The first-order chi connectivity index (χ1) is 12.2. The fourth-order valence-corrected chi connectivity index (χ4v) is 2.84. The van der Waals surface area contributed by atoms with Crippen LogP contribution in [0, 0.1) is 11.6 Å². The van der Waals surface area contributed by atoms with Crippen LogP contribution in [0.3, 0.4) is 0 Å². The lowest BCUT2D eigenvalue weighted by Gasteiger charge is -2.11. The normalized spacial score (nSPS) is 10.7. The number of hydrogen-bond acceptors (Lipinski definition) is 3. The van der Waals surface area contributed by atoms with E-state index in [1.54, 1.807) is 18.6 Å². The number of aromatic nitrogens is 2. The summed E-state index contributed by atoms with van der Waals surface area (Å²) in [6, 6.07) is 9.87. The number of hydrogen-bond donors (Lipinski definition) is 1. The van der Waals surface area contributed by atoms with Gasteiger partial charge in [0, 0.05) is 42.3 Å². The Labute approximate surface area is 145 Å². The smallest absolute Gasteiger partial charge is 0.129 e. The van der Waals surface area contributed by atoms with E-state index in [1.807, 2.05) is 25.2 Å². The van der Waals surface area contributed by atoms with Gasteiger partial charge in [0.05, 0.1) is 0 Å². The summed E-state index contributed by atoms with van der Waals surface area (Å²) in [7, 11) is 1.81. The van der Waals surface area contributed by atoms with E-state index in [2.05, 4.69) is 15.3 Å². The van der Waals surface area contributed by atoms with Crippen molar-refractivity contribution in [2.24, 2.45) is 0 Å². The van der Waals surface area contributed by atoms with E-state index in [-0.39, 0.29) is 5.56 Å². The van der Waals surface area contributed by atoms with Gasteiger partial charge < -0.3 is 5.32 Å². The molecule has 0 aliphatic rings. The summed E-state index contributed by atoms with van der Waals surface area (Å²) < 4.78 is 27.5. The Kier molecular flexibility index (Phi) is 5.33. The van der Waals surface area contributed by atoms with Gasteiger partial charge in [-0.1, -0.05) is 12.1 Å². The van der Waals surface area contributed by atoms with Gasteiger partial charge >= 0.3 is 0 Å². The van der Waals surface area contributed by atoms with Crippen LogP contribution in [0.2, 0.25) is 0 Å². The first-order valence-electron chi connectivity index (χ1n) is 8.19. The summed E-state index contributed by atoms with van der Waals surface area (Å²) in [6.45, 7) is 0. The lowest BCUT2D eigenvalue weighted by molar-refractivity contribution is 0.550. The molecule has 3 nitrogen and oxygen atoms in total. The molecule has 1 N–H and O–H groups in total. The van der Waals surface area contributed by atoms with Crippen LogP contribution >= 0.6 is 0 Å². The topological polar surface area (TPSA) is 37.8 Å². The van der Waals surface area contributed by atoms with Crippen molar-refractivity contribution in [2.45, 2.75) is 19.3 Å². The number of nitrogens with zero attached hydrogens (tertiary/aromatic N) is 2. The second kappa shape index (κ2) is 7.83. The van der Waals surface area contributed by atoms with Crippen LogP contribution in [0.25, 0.3) is 11.1 Å². The molecular formula is C20H19F2N3. The van der Waals surface area contributed by atoms with Crippen LogP contribution in [0.4, 0.5) is 14.6 Å². The van der Waals surface area contributed by atoms with Crippen molar-refractivity contribution in [3.05, 3.63) is 77.8 Å². The number of anilines is 1. The highest BCUT2D eigenvalue weighted by Crippen LogP contribution is 2.24. The van der Waals surface area contributed by atoms with E-state index in [0.717, 1.165) is 22.5 Å². The van der Waals surface area contributed by atoms with Crippen LogP contribution in [0.5, 0.6) is 0 Å². The van der Waals surface area contributed by atoms with Crippen LogP contribution in [-0.2, 0) is 12.8 Å². The zero-order chi connectivity index (χ0) is 17.6. The molecule has 1 aromatic carbocycles. The average Bonchev–Trinajstić information content (AvgIpc) is 2.65. The van der Waals surface area contributed by atoms with E-state index in [0.29, 0.717) is 19.3 Å². The second-order valence-corrected chi connectivity index (χ2v) is 5.78. The predicted octanol–water partition coefficient (Wildman–Crippen LogP) is 4.64. The Balaban J connectivity index is 1.77. The molecule has 0 unspecified atom stereocenters. The van der Waals surface area contributed by atoms with Gasteiger partial charge in [-0.2, -0.15) is 0 Å². The maximum Gasteiger partial charge on any atom is 0.129 e. The fourth-order valence-electron chi connectivity index (χ4n) is 2.84. The first-order valence-corrected chi connectivity index (χ1v) is 8.19. The van der Waals surface area contributed by atoms with Gasteiger partial charge in [0.2, 0.25) is 0 Å². The van der Waals surface area contributed by atoms with E-state index in [9.17, 15) is 8.78 Å². The quantitative estimate of drug-likeness (QED) is 0.711. The Morgan fingerprint density at radius 1 is 0.960 bits per heavy atom. The largest absolute Gasteiger partial charge is 0.373 e. The molecule has 0 bridgehead atoms. The summed E-state index contributed by atoms with van der Waals surface area (Å²) in [5.74, 6) is -0.200. The zero-order valence-corrected chi connectivity index (χ0v) is 14.0. The molecule has 5 heteroatoms. The van der Waals surface area contributed by atoms with E-state index in [4.69, 9.17) is 0 Å². The molecule has 0 aliphatic heterocycles. The summed E-state index contributed by atoms with van der Waals surface area (Å²) in [5, 5.41) is 3.07. The molecular weight excluding hydrogens is 320 g/mol. The molecule has 0 amide bonds. The summed E-state index contributed by atoms with van der Waals surface area (Å²) in [4.78, 5) is 8.58. The van der Waals surface area contributed by atoms with Crippen molar-refractivity contribution < 1.29 is 8.78 Å². The molecule has 3 rings (SSSR count). The molecule has 0 atom stereocenters. The van der Waals surface area contributed by atoms with Gasteiger partial charge in [0.25, 0.3) is 0 Å². The highest BCUT2D eigenvalue weighted by molar-refractivity contribution is 5.64. The summed E-state index contributed by atoms with van der Waals surface area (Å²) >= 11 is 0. The number of aryl methyl sites for hydroxylation is 1. The van der Waals surface area contributed by atoms with Crippen molar-refractivity contribution in [3.8, 4) is 11.1 Å². The Hall–Kier alpha value is -2.82. The van der Waals surface area contributed by atoms with Gasteiger partial charge in [-0.05, 0) is 49.1 Å². The number of rotatable bonds is 6. The van der Waals surface area contributed by atoms with Crippen LogP contribution in [0.15, 0.2) is 55.0 Å². The molecule has 128 valence electrons. The number of benzene rings is 1. The van der Waals surface area contributed by atoms with Gasteiger partial charge in [-0.15, -0.1) is 0 Å². The highest BCUT2D eigenvalue weighted by Gasteiger charge is 2.10. The monoisotopic (exact) mass is 339 g/mol. The van der Waals surface area contributed by atoms with Crippen molar-refractivity contribution in [1.29, 1.82) is 0 Å². The third kappa shape index (κ3) is 3.99. The second-order valence-electron chi connectivity index (χ2n) is 5.78. The molecule has 0 radical (unpaired) electrons. The number of nitrogens with one attached hydrogen (secondary N) is 1. The minimum absolute atomic E-state index is 0.143. The third-order valence-corrected chi connectivity index (χ3v) is 4.13. The fraction of sp³-hybridized carbons (Fsp3) is 0.200. The van der Waals surface area contributed by atoms with Crippen LogP contribution in [-0.4, -0.2) is 17.0 Å². The molecule has 3 aromatic rings. The number of pyridine rings is 2. The Morgan fingerprint density at radius 2 is 1.76 bits per heavy atom. The van der Waals surface area contributed by atoms with Crippen LogP contribution in [0.1, 0.15) is 17.5 Å². The van der Waals surface area contributed by atoms with Crippen molar-refractivity contribution in [1.82, 2.24) is 9.97 Å². The molecule has 0 saturated carbocycles. The first kappa shape index (κ1) is 17.0. The van der Waals surface area contributed by atoms with Crippen molar-refractivity contribution in [2.75, 3.05) is 12.4 Å². The van der Waals surface area contributed by atoms with E-state index in [1.165, 1.54) is 18.2 Å². The maximum atomic E-state index is 13.7. The average molecular weight is 339 g/mol. The van der Waals surface area contributed by atoms with Crippen LogP contribution < -0.4 is 5.32 Å². The molecule has 0 fully saturated rings. The predicted molar refractivity (Wildman–Crippen MR) is 95.4 cm³/mol. The minimum atomic E-state index is -0.490. The SMILES string of the molecule is CNc1ncc(-c2cccnc2)cc1CCCc1c(F)cccc1F. The molecule has 25 heavy (non-hydrogen) atoms. The zero-order valence-electron chi connectivity index (χ0n) is 14.0. The highest BCUT2D eigenvalue weighted by atomic mass is 19.1. The standard InChI is InChI=1S/C20H19F2N3/c1-23-20-14(5-2-7-17-18(21)8-3-9-19(17)22)11-16(13-25-20)15-6-4-10-24-12-15/h3-4,6,8-13H,2,5,7H2,1H3,(H,23,25). The third-order valence-electron chi connectivity index (χ3n) is 4.13. The van der Waals surface area contributed by atoms with Gasteiger partial charge in [0.15, 0.2) is 0 Å². The Bertz CT molecular complexity index is 831.